The zero-order valence-corrected chi connectivity index (χ0v) is 18.5. The van der Waals surface area contributed by atoms with E-state index in [9.17, 15) is 27.6 Å². The van der Waals surface area contributed by atoms with E-state index in [0.717, 1.165) is 17.0 Å². The number of Topliss-reactive ketones (excluding diaryl/α,β-unsaturated/α-hetero) is 1. The SMILES string of the molecule is CCOC(=O)[C@@H]1C(=O)C(=O)N(Cc2ccc(OC(F)(F)F)cc2)[C@H]1c1c(OC)cccc1OC. The molecule has 11 heteroatoms. The van der Waals surface area contributed by atoms with Crippen LogP contribution in [0, 0.1) is 5.92 Å². The lowest BCUT2D eigenvalue weighted by molar-refractivity contribution is -0.274. The molecule has 1 aliphatic heterocycles. The van der Waals surface area contributed by atoms with E-state index in [0.29, 0.717) is 11.1 Å². The molecule has 0 spiro atoms. The molecule has 2 atom stereocenters. The molecule has 0 N–H and O–H groups in total. The van der Waals surface area contributed by atoms with Gasteiger partial charge < -0.3 is 23.8 Å². The van der Waals surface area contributed by atoms with Gasteiger partial charge >= 0.3 is 12.3 Å². The molecule has 34 heavy (non-hydrogen) atoms. The zero-order valence-electron chi connectivity index (χ0n) is 18.5. The highest BCUT2D eigenvalue weighted by Gasteiger charge is 2.54. The number of likely N-dealkylation sites (tertiary alicyclic amines) is 1. The molecule has 1 amide bonds. The fourth-order valence-electron chi connectivity index (χ4n) is 3.85. The monoisotopic (exact) mass is 481 g/mol. The van der Waals surface area contributed by atoms with Crippen LogP contribution < -0.4 is 14.2 Å². The minimum atomic E-state index is -4.85. The van der Waals surface area contributed by atoms with Gasteiger partial charge in [-0.3, -0.25) is 14.4 Å². The Hall–Kier alpha value is -3.76. The van der Waals surface area contributed by atoms with Crippen molar-refractivity contribution in [2.75, 3.05) is 20.8 Å². The number of hydrogen-bond donors (Lipinski definition) is 0. The van der Waals surface area contributed by atoms with Gasteiger partial charge in [0.1, 0.15) is 23.2 Å². The second kappa shape index (κ2) is 10.0. The van der Waals surface area contributed by atoms with Gasteiger partial charge in [0.05, 0.1) is 32.4 Å². The van der Waals surface area contributed by atoms with Gasteiger partial charge in [0.15, 0.2) is 0 Å². The Labute approximate surface area is 193 Å². The molecular formula is C23H22F3NO7. The van der Waals surface area contributed by atoms with Gasteiger partial charge in [-0.05, 0) is 36.8 Å². The lowest BCUT2D eigenvalue weighted by Crippen LogP contribution is -2.31. The number of methoxy groups -OCH3 is 2. The number of ether oxygens (including phenoxy) is 4. The van der Waals surface area contributed by atoms with E-state index in [-0.39, 0.29) is 24.7 Å². The molecule has 0 aliphatic carbocycles. The molecule has 1 aliphatic rings. The molecule has 2 aromatic rings. The third-order valence-corrected chi connectivity index (χ3v) is 5.22. The van der Waals surface area contributed by atoms with Crippen molar-refractivity contribution >= 4 is 17.7 Å². The summed E-state index contributed by atoms with van der Waals surface area (Å²) in [5.41, 5.74) is 0.695. The lowest BCUT2D eigenvalue weighted by Gasteiger charge is -2.29. The second-order valence-corrected chi connectivity index (χ2v) is 7.24. The van der Waals surface area contributed by atoms with Crippen LogP contribution in [0.2, 0.25) is 0 Å². The number of rotatable bonds is 8. The van der Waals surface area contributed by atoms with Crippen LogP contribution in [0.1, 0.15) is 24.1 Å². The maximum absolute atomic E-state index is 13.0. The van der Waals surface area contributed by atoms with Gasteiger partial charge in [0.25, 0.3) is 5.91 Å². The van der Waals surface area contributed by atoms with Crippen molar-refractivity contribution in [3.63, 3.8) is 0 Å². The third-order valence-electron chi connectivity index (χ3n) is 5.22. The highest BCUT2D eigenvalue weighted by molar-refractivity contribution is 6.42. The Bertz CT molecular complexity index is 1050. The summed E-state index contributed by atoms with van der Waals surface area (Å²) in [5, 5.41) is 0. The van der Waals surface area contributed by atoms with Crippen LogP contribution >= 0.6 is 0 Å². The summed E-state index contributed by atoms with van der Waals surface area (Å²) in [7, 11) is 2.78. The first-order chi connectivity index (χ1) is 16.1. The fourth-order valence-corrected chi connectivity index (χ4v) is 3.85. The molecule has 2 aromatic carbocycles. The third kappa shape index (κ3) is 5.08. The molecule has 3 rings (SSSR count). The summed E-state index contributed by atoms with van der Waals surface area (Å²) in [5.74, 6) is -4.15. The fraction of sp³-hybridized carbons (Fsp3) is 0.348. The van der Waals surface area contributed by atoms with E-state index >= 15 is 0 Å². The van der Waals surface area contributed by atoms with Gasteiger partial charge in [-0.25, -0.2) is 0 Å². The summed E-state index contributed by atoms with van der Waals surface area (Å²) in [6.45, 7) is 1.38. The molecule has 0 aromatic heterocycles. The Balaban J connectivity index is 2.05. The molecule has 182 valence electrons. The van der Waals surface area contributed by atoms with Gasteiger partial charge in [-0.15, -0.1) is 13.2 Å². The smallest absolute Gasteiger partial charge is 0.496 e. The molecule has 1 fully saturated rings. The molecule has 8 nitrogen and oxygen atoms in total. The van der Waals surface area contributed by atoms with Gasteiger partial charge in [-0.1, -0.05) is 18.2 Å². The van der Waals surface area contributed by atoms with Crippen LogP contribution in [0.15, 0.2) is 42.5 Å². The highest BCUT2D eigenvalue weighted by Crippen LogP contribution is 2.46. The largest absolute Gasteiger partial charge is 0.573 e. The molecular weight excluding hydrogens is 459 g/mol. The maximum Gasteiger partial charge on any atom is 0.573 e. The Kier molecular flexibility index (Phi) is 7.33. The molecule has 0 unspecified atom stereocenters. The lowest BCUT2D eigenvalue weighted by atomic mass is 9.91. The minimum absolute atomic E-state index is 0.00670. The van der Waals surface area contributed by atoms with Crippen LogP contribution in [0.5, 0.6) is 17.2 Å². The van der Waals surface area contributed by atoms with E-state index in [1.54, 1.807) is 25.1 Å². The average Bonchev–Trinajstić information content (AvgIpc) is 3.03. The van der Waals surface area contributed by atoms with Gasteiger partial charge in [0, 0.05) is 6.54 Å². The number of nitrogens with zero attached hydrogens (tertiary/aromatic N) is 1. The summed E-state index contributed by atoms with van der Waals surface area (Å²) in [4.78, 5) is 39.8. The molecule has 1 saturated heterocycles. The summed E-state index contributed by atoms with van der Waals surface area (Å²) < 4.78 is 57.1. The number of benzene rings is 2. The number of carbonyl (C=O) groups is 3. The van der Waals surface area contributed by atoms with Gasteiger partial charge in [-0.2, -0.15) is 0 Å². The van der Waals surface area contributed by atoms with E-state index in [1.807, 2.05) is 0 Å². The van der Waals surface area contributed by atoms with Crippen molar-refractivity contribution in [2.24, 2.45) is 5.92 Å². The normalized spacial score (nSPS) is 18.1. The molecule has 0 saturated carbocycles. The van der Waals surface area contributed by atoms with Crippen molar-refractivity contribution in [3.8, 4) is 17.2 Å². The number of amides is 1. The maximum atomic E-state index is 13.0. The van der Waals surface area contributed by atoms with Crippen molar-refractivity contribution in [1.29, 1.82) is 0 Å². The quantitative estimate of drug-likeness (QED) is 0.324. The first-order valence-corrected chi connectivity index (χ1v) is 10.2. The zero-order chi connectivity index (χ0) is 25.0. The number of alkyl halides is 3. The predicted molar refractivity (Wildman–Crippen MR) is 111 cm³/mol. The standard InChI is InChI=1S/C23H22F3NO7/c1-4-33-22(30)18-19(17-15(31-2)6-5-7-16(17)32-3)27(21(29)20(18)28)12-13-8-10-14(11-9-13)34-23(24,25)26/h5-11,18-19H,4,12H2,1-3H3/t18-,19-/m0/s1. The highest BCUT2D eigenvalue weighted by atomic mass is 19.4. The molecule has 0 bridgehead atoms. The van der Waals surface area contributed by atoms with Crippen LogP contribution in [0.4, 0.5) is 13.2 Å². The Morgan fingerprint density at radius 1 is 1.00 bits per heavy atom. The minimum Gasteiger partial charge on any atom is -0.496 e. The summed E-state index contributed by atoms with van der Waals surface area (Å²) in [6.07, 6.45) is -4.85. The number of esters is 1. The van der Waals surface area contributed by atoms with Crippen molar-refractivity contribution < 1.29 is 46.5 Å². The van der Waals surface area contributed by atoms with Gasteiger partial charge in [0.2, 0.25) is 5.78 Å². The average molecular weight is 481 g/mol. The summed E-state index contributed by atoms with van der Waals surface area (Å²) >= 11 is 0. The second-order valence-electron chi connectivity index (χ2n) is 7.24. The number of hydrogen-bond acceptors (Lipinski definition) is 7. The van der Waals surface area contributed by atoms with Crippen LogP contribution in [-0.4, -0.2) is 49.7 Å². The van der Waals surface area contributed by atoms with E-state index in [1.165, 1.54) is 26.4 Å². The van der Waals surface area contributed by atoms with Crippen molar-refractivity contribution in [1.82, 2.24) is 4.90 Å². The van der Waals surface area contributed by atoms with E-state index in [4.69, 9.17) is 14.2 Å². The first kappa shape index (κ1) is 24.9. The number of ketones is 1. The van der Waals surface area contributed by atoms with Crippen LogP contribution in [0.3, 0.4) is 0 Å². The topological polar surface area (TPSA) is 91.4 Å². The van der Waals surface area contributed by atoms with E-state index < -0.39 is 41.7 Å². The Morgan fingerprint density at radius 3 is 2.09 bits per heavy atom. The van der Waals surface area contributed by atoms with E-state index in [2.05, 4.69) is 4.74 Å². The van der Waals surface area contributed by atoms with Crippen molar-refractivity contribution in [2.45, 2.75) is 25.9 Å². The molecule has 1 heterocycles. The Morgan fingerprint density at radius 2 is 1.59 bits per heavy atom. The number of carbonyl (C=O) groups excluding carboxylic acids is 3. The first-order valence-electron chi connectivity index (χ1n) is 10.2. The predicted octanol–water partition coefficient (Wildman–Crippen LogP) is 3.43. The van der Waals surface area contributed by atoms with Crippen molar-refractivity contribution in [3.05, 3.63) is 53.6 Å². The van der Waals surface area contributed by atoms with Crippen LogP contribution in [-0.2, 0) is 25.7 Å². The number of halogens is 3. The molecule has 0 radical (unpaired) electrons. The van der Waals surface area contributed by atoms with Crippen LogP contribution in [0.25, 0.3) is 0 Å². The summed E-state index contributed by atoms with van der Waals surface area (Å²) in [6, 6.07) is 8.53.